The zero-order valence-electron chi connectivity index (χ0n) is 44.1. The van der Waals surface area contributed by atoms with Crippen molar-refractivity contribution >= 4 is 11.9 Å². The Morgan fingerprint density at radius 1 is 0.455 bits per heavy atom. The van der Waals surface area contributed by atoms with E-state index in [9.17, 15) is 19.8 Å². The minimum atomic E-state index is -0.794. The van der Waals surface area contributed by atoms with Crippen molar-refractivity contribution in [1.29, 1.82) is 0 Å². The Morgan fingerprint density at radius 2 is 0.818 bits per heavy atom. The number of carbonyl (C=O) groups excluding carboxylic acids is 2. The van der Waals surface area contributed by atoms with Crippen LogP contribution in [0.4, 0.5) is 0 Å². The molecule has 0 spiro atoms. The minimum Gasteiger partial charge on any atom is -0.462 e. The van der Waals surface area contributed by atoms with Gasteiger partial charge in [0.05, 0.1) is 25.2 Å². The number of unbranched alkanes of at least 4 members (excludes halogenated alkanes) is 32. The lowest BCUT2D eigenvalue weighted by Crippen LogP contribution is -2.46. The first-order chi connectivity index (χ1) is 32.5. The van der Waals surface area contributed by atoms with Gasteiger partial charge in [0, 0.05) is 6.42 Å². The predicted octanol–water partition coefficient (Wildman–Crippen LogP) is 17.8. The van der Waals surface area contributed by atoms with Gasteiger partial charge in [-0.3, -0.25) is 9.59 Å². The van der Waals surface area contributed by atoms with E-state index in [0.29, 0.717) is 19.3 Å². The second-order valence-corrected chi connectivity index (χ2v) is 19.7. The molecule has 0 heterocycles. The molecule has 66 heavy (non-hydrogen) atoms. The van der Waals surface area contributed by atoms with E-state index in [1.165, 1.54) is 161 Å². The van der Waals surface area contributed by atoms with Crippen molar-refractivity contribution in [2.75, 3.05) is 6.61 Å². The Balaban J connectivity index is 4.54. The fourth-order valence-corrected chi connectivity index (χ4v) is 8.79. The van der Waals surface area contributed by atoms with E-state index < -0.39 is 18.2 Å². The Bertz CT molecular complexity index is 1130. The predicted molar refractivity (Wildman–Crippen MR) is 287 cm³/mol. The van der Waals surface area contributed by atoms with Crippen LogP contribution in [0.5, 0.6) is 0 Å². The van der Waals surface area contributed by atoms with Gasteiger partial charge in [-0.05, 0) is 83.5 Å². The van der Waals surface area contributed by atoms with Crippen LogP contribution in [0.15, 0.2) is 48.6 Å². The first kappa shape index (κ1) is 63.8. The number of hydrogen-bond donors (Lipinski definition) is 3. The van der Waals surface area contributed by atoms with Gasteiger partial charge in [-0.25, -0.2) is 0 Å². The van der Waals surface area contributed by atoms with Crippen LogP contribution in [0.1, 0.15) is 297 Å². The maximum atomic E-state index is 13.3. The van der Waals surface area contributed by atoms with E-state index in [-0.39, 0.29) is 24.9 Å². The highest BCUT2D eigenvalue weighted by Crippen LogP contribution is 2.18. The molecular weight excluding hydrogens is 815 g/mol. The number of esters is 1. The zero-order chi connectivity index (χ0) is 48.1. The minimum absolute atomic E-state index is 0.0633. The number of aliphatic hydroxyl groups excluding tert-OH is 2. The van der Waals surface area contributed by atoms with Crippen LogP contribution >= 0.6 is 0 Å². The summed E-state index contributed by atoms with van der Waals surface area (Å²) in [6.07, 6.45) is 66.1. The molecule has 3 N–H and O–H groups in total. The lowest BCUT2D eigenvalue weighted by Gasteiger charge is -2.24. The first-order valence-corrected chi connectivity index (χ1v) is 28.9. The molecule has 0 bridgehead atoms. The van der Waals surface area contributed by atoms with Crippen LogP contribution in [-0.4, -0.2) is 46.9 Å². The van der Waals surface area contributed by atoms with Crippen molar-refractivity contribution in [3.05, 3.63) is 48.6 Å². The molecule has 6 nitrogen and oxygen atoms in total. The fraction of sp³-hybridized carbons (Fsp3) is 0.833. The lowest BCUT2D eigenvalue weighted by molar-refractivity contribution is -0.151. The molecule has 0 saturated carbocycles. The van der Waals surface area contributed by atoms with Crippen LogP contribution in [0, 0.1) is 0 Å². The molecule has 3 unspecified atom stereocenters. The number of hydrogen-bond acceptors (Lipinski definition) is 5. The molecule has 386 valence electrons. The number of amides is 1. The molecule has 0 radical (unpaired) electrons. The molecule has 0 saturated heterocycles. The summed E-state index contributed by atoms with van der Waals surface area (Å²) < 4.78 is 5.95. The number of nitrogens with one attached hydrogen (secondary N) is 1. The van der Waals surface area contributed by atoms with Gasteiger partial charge in [0.15, 0.2) is 0 Å². The smallest absolute Gasteiger partial charge is 0.306 e. The molecule has 0 aliphatic rings. The molecule has 1 amide bonds. The molecule has 0 aromatic rings. The Kier molecular flexibility index (Phi) is 52.0. The van der Waals surface area contributed by atoms with Crippen LogP contribution in [0.25, 0.3) is 0 Å². The molecule has 6 heteroatoms. The van der Waals surface area contributed by atoms with Crippen molar-refractivity contribution < 1.29 is 24.5 Å². The Labute approximate surface area is 410 Å². The van der Waals surface area contributed by atoms with Crippen molar-refractivity contribution in [3.63, 3.8) is 0 Å². The maximum Gasteiger partial charge on any atom is 0.306 e. The Morgan fingerprint density at radius 3 is 1.26 bits per heavy atom. The quantitative estimate of drug-likeness (QED) is 0.0321. The molecule has 0 aromatic heterocycles. The summed E-state index contributed by atoms with van der Waals surface area (Å²) in [5.41, 5.74) is 0. The number of allylic oxidation sites excluding steroid dienone is 8. The third kappa shape index (κ3) is 48.3. The summed E-state index contributed by atoms with van der Waals surface area (Å²) >= 11 is 0. The van der Waals surface area contributed by atoms with Crippen LogP contribution < -0.4 is 5.32 Å². The number of carbonyl (C=O) groups is 2. The zero-order valence-corrected chi connectivity index (χ0v) is 44.1. The second-order valence-electron chi connectivity index (χ2n) is 19.7. The van der Waals surface area contributed by atoms with E-state index >= 15 is 0 Å². The number of rotatable bonds is 52. The van der Waals surface area contributed by atoms with Gasteiger partial charge in [0.25, 0.3) is 0 Å². The normalized spacial score (nSPS) is 13.5. The monoisotopic (exact) mass is 926 g/mol. The van der Waals surface area contributed by atoms with E-state index in [0.717, 1.165) is 89.9 Å². The average molecular weight is 927 g/mol. The van der Waals surface area contributed by atoms with Gasteiger partial charge in [-0.2, -0.15) is 0 Å². The van der Waals surface area contributed by atoms with E-state index in [2.05, 4.69) is 74.7 Å². The summed E-state index contributed by atoms with van der Waals surface area (Å²) in [4.78, 5) is 26.3. The highest BCUT2D eigenvalue weighted by atomic mass is 16.5. The summed E-state index contributed by atoms with van der Waals surface area (Å²) in [6.45, 7) is 6.39. The summed E-state index contributed by atoms with van der Waals surface area (Å²) in [6, 6.07) is -0.709. The van der Waals surface area contributed by atoms with Gasteiger partial charge < -0.3 is 20.3 Å². The lowest BCUT2D eigenvalue weighted by atomic mass is 10.0. The van der Waals surface area contributed by atoms with Gasteiger partial charge in [0.2, 0.25) is 5.91 Å². The van der Waals surface area contributed by atoms with Gasteiger partial charge in [-0.15, -0.1) is 0 Å². The molecule has 0 aliphatic heterocycles. The molecule has 0 fully saturated rings. The van der Waals surface area contributed by atoms with Crippen LogP contribution in [0.3, 0.4) is 0 Å². The van der Waals surface area contributed by atoms with Crippen molar-refractivity contribution in [2.24, 2.45) is 0 Å². The molecule has 0 aromatic carbocycles. The van der Waals surface area contributed by atoms with E-state index in [1.54, 1.807) is 0 Å². The molecule has 3 atom stereocenters. The van der Waals surface area contributed by atoms with Crippen molar-refractivity contribution in [2.45, 2.75) is 315 Å². The van der Waals surface area contributed by atoms with Crippen LogP contribution in [0.2, 0.25) is 0 Å². The fourth-order valence-electron chi connectivity index (χ4n) is 8.79. The van der Waals surface area contributed by atoms with Crippen molar-refractivity contribution in [3.8, 4) is 0 Å². The summed E-state index contributed by atoms with van der Waals surface area (Å²) in [5, 5.41) is 23.9. The first-order valence-electron chi connectivity index (χ1n) is 28.9. The average Bonchev–Trinajstić information content (AvgIpc) is 3.31. The SMILES string of the molecule is CC/C=C/C/C=C/C/C=C/CCCCCCC(CC(=O)NC(CO)C(O)CCCCCCCCCCCCCCCC)OC(=O)CCCCCCCCCCC/C=C/CCCCCCCC. The third-order valence-corrected chi connectivity index (χ3v) is 13.1. The van der Waals surface area contributed by atoms with Gasteiger partial charge >= 0.3 is 5.97 Å². The van der Waals surface area contributed by atoms with E-state index in [1.807, 2.05) is 0 Å². The standard InChI is InChI=1S/C60H111NO5/c1-4-7-10-13-16-19-22-25-28-29-30-31-32-35-38-41-44-47-50-53-60(65)66-56(51-48-45-42-39-36-33-26-23-20-17-14-11-8-5-2)54-59(64)61-57(55-62)58(63)52-49-46-43-40-37-34-27-24-21-18-15-12-9-6-3/h8,11,17,20,25-26,28,33,56-58,62-63H,4-7,9-10,12-16,18-19,21-24,27,29-32,34-55H2,1-3H3,(H,61,64)/b11-8+,20-17+,28-25+,33-26+. The number of aliphatic hydroxyl groups is 2. The van der Waals surface area contributed by atoms with E-state index in [4.69, 9.17) is 4.74 Å². The van der Waals surface area contributed by atoms with Crippen LogP contribution in [-0.2, 0) is 14.3 Å². The third-order valence-electron chi connectivity index (χ3n) is 13.1. The highest BCUT2D eigenvalue weighted by molar-refractivity contribution is 5.77. The van der Waals surface area contributed by atoms with Gasteiger partial charge in [0.1, 0.15) is 6.10 Å². The van der Waals surface area contributed by atoms with Gasteiger partial charge in [-0.1, -0.05) is 249 Å². The molecular formula is C60H111NO5. The summed E-state index contributed by atoms with van der Waals surface area (Å²) in [7, 11) is 0. The highest BCUT2D eigenvalue weighted by Gasteiger charge is 2.24. The molecule has 0 rings (SSSR count). The Hall–Kier alpha value is -2.18. The van der Waals surface area contributed by atoms with Crippen molar-refractivity contribution in [1.82, 2.24) is 5.32 Å². The topological polar surface area (TPSA) is 95.9 Å². The second kappa shape index (κ2) is 53.8. The maximum absolute atomic E-state index is 13.3. The largest absolute Gasteiger partial charge is 0.462 e. The molecule has 0 aliphatic carbocycles. The number of ether oxygens (including phenoxy) is 1. The summed E-state index contributed by atoms with van der Waals surface area (Å²) in [5.74, 6) is -0.488.